The van der Waals surface area contributed by atoms with Gasteiger partial charge in [0.2, 0.25) is 10.0 Å². The second kappa shape index (κ2) is 8.14. The van der Waals surface area contributed by atoms with Gasteiger partial charge in [-0.2, -0.15) is 0 Å². The Hall–Kier alpha value is -2.68. The molecule has 0 aliphatic heterocycles. The van der Waals surface area contributed by atoms with Crippen LogP contribution in [0.2, 0.25) is 0 Å². The Kier molecular flexibility index (Phi) is 6.28. The first kappa shape index (κ1) is 21.6. The highest BCUT2D eigenvalue weighted by Crippen LogP contribution is 2.13. The van der Waals surface area contributed by atoms with Crippen molar-refractivity contribution in [2.75, 3.05) is 4.72 Å². The molecule has 2 rings (SSSR count). The molecule has 0 bridgehead atoms. The molecule has 28 heavy (non-hydrogen) atoms. The molecule has 1 aromatic heterocycles. The summed E-state index contributed by atoms with van der Waals surface area (Å²) >= 11 is 0. The van der Waals surface area contributed by atoms with Gasteiger partial charge in [-0.3, -0.25) is 18.9 Å². The maximum Gasteiger partial charge on any atom is 0.326 e. The molecule has 152 valence electrons. The zero-order valence-corrected chi connectivity index (χ0v) is 17.0. The molecular weight excluding hydrogens is 387 g/mol. The van der Waals surface area contributed by atoms with E-state index < -0.39 is 38.7 Å². The Bertz CT molecular complexity index is 1040. The minimum absolute atomic E-state index is 0.203. The first-order valence-electron chi connectivity index (χ1n) is 8.53. The maximum absolute atomic E-state index is 13.3. The summed E-state index contributed by atoms with van der Waals surface area (Å²) in [5.41, 5.74) is -0.865. The van der Waals surface area contributed by atoms with Crippen molar-refractivity contribution < 1.29 is 22.3 Å². The molecule has 0 spiro atoms. The summed E-state index contributed by atoms with van der Waals surface area (Å²) in [6.45, 7) is 6.39. The van der Waals surface area contributed by atoms with Crippen molar-refractivity contribution in [1.29, 1.82) is 0 Å². The van der Waals surface area contributed by atoms with Gasteiger partial charge in [0.1, 0.15) is 23.7 Å². The fourth-order valence-electron chi connectivity index (χ4n) is 2.50. The molecule has 1 aromatic carbocycles. The Morgan fingerprint density at radius 1 is 1.21 bits per heavy atom. The second-order valence-electron chi connectivity index (χ2n) is 7.36. The van der Waals surface area contributed by atoms with Crippen molar-refractivity contribution in [3.05, 3.63) is 63.8 Å². The van der Waals surface area contributed by atoms with Crippen molar-refractivity contribution in [2.24, 2.45) is 0 Å². The normalized spacial score (nSPS) is 11.9. The number of nitrogens with one attached hydrogen (secondary N) is 1. The fourth-order valence-corrected chi connectivity index (χ4v) is 3.68. The Morgan fingerprint density at radius 3 is 2.50 bits per heavy atom. The minimum atomic E-state index is -3.96. The molecule has 7 nitrogen and oxygen atoms in total. The van der Waals surface area contributed by atoms with Crippen LogP contribution in [0, 0.1) is 12.7 Å². The number of aryl methyl sites for hydroxylation is 1. The van der Waals surface area contributed by atoms with E-state index in [-0.39, 0.29) is 17.8 Å². The van der Waals surface area contributed by atoms with Gasteiger partial charge >= 0.3 is 5.97 Å². The molecular formula is C19H23FN2O5S. The standard InChI is InChI=1S/C19H23FN2O5S/c1-13-8-9-16(18(24)22(13)11-17(23)27-19(2,3)4)21-28(25,26)12-14-6-5-7-15(20)10-14/h5-10,21H,11-12H2,1-4H3. The molecule has 2 aromatic rings. The summed E-state index contributed by atoms with van der Waals surface area (Å²) in [6.07, 6.45) is 0. The van der Waals surface area contributed by atoms with Gasteiger partial charge in [0.25, 0.3) is 5.56 Å². The zero-order chi connectivity index (χ0) is 21.1. The Labute approximate surface area is 163 Å². The van der Waals surface area contributed by atoms with Crippen LogP contribution in [0.5, 0.6) is 0 Å². The van der Waals surface area contributed by atoms with Crippen molar-refractivity contribution in [3.63, 3.8) is 0 Å². The Balaban J connectivity index is 2.24. The highest BCUT2D eigenvalue weighted by atomic mass is 32.2. The number of rotatable bonds is 6. The second-order valence-corrected chi connectivity index (χ2v) is 9.08. The maximum atomic E-state index is 13.3. The minimum Gasteiger partial charge on any atom is -0.459 e. The van der Waals surface area contributed by atoms with Crippen molar-refractivity contribution in [1.82, 2.24) is 4.57 Å². The predicted octanol–water partition coefficient (Wildman–Crippen LogP) is 2.58. The third kappa shape index (κ3) is 6.19. The largest absolute Gasteiger partial charge is 0.459 e. The number of sulfonamides is 1. The summed E-state index contributed by atoms with van der Waals surface area (Å²) in [6, 6.07) is 8.03. The van der Waals surface area contributed by atoms with Gasteiger partial charge in [-0.05, 0) is 57.5 Å². The van der Waals surface area contributed by atoms with Gasteiger partial charge in [-0.25, -0.2) is 12.8 Å². The smallest absolute Gasteiger partial charge is 0.326 e. The van der Waals surface area contributed by atoms with Gasteiger partial charge in [0.15, 0.2) is 0 Å². The van der Waals surface area contributed by atoms with Crippen LogP contribution in [-0.2, 0) is 31.9 Å². The molecule has 0 atom stereocenters. The number of carbonyl (C=O) groups is 1. The van der Waals surface area contributed by atoms with E-state index in [0.717, 1.165) is 10.6 Å². The van der Waals surface area contributed by atoms with Gasteiger partial charge in [-0.15, -0.1) is 0 Å². The number of aromatic nitrogens is 1. The number of anilines is 1. The SMILES string of the molecule is Cc1ccc(NS(=O)(=O)Cc2cccc(F)c2)c(=O)n1CC(=O)OC(C)(C)C. The zero-order valence-electron chi connectivity index (χ0n) is 16.2. The number of nitrogens with zero attached hydrogens (tertiary/aromatic N) is 1. The number of pyridine rings is 1. The van der Waals surface area contributed by atoms with E-state index in [4.69, 9.17) is 4.74 Å². The van der Waals surface area contributed by atoms with Crippen LogP contribution in [-0.4, -0.2) is 24.6 Å². The number of halogens is 1. The molecule has 0 saturated heterocycles. The number of esters is 1. The lowest BCUT2D eigenvalue weighted by Gasteiger charge is -2.20. The molecule has 0 aliphatic carbocycles. The van der Waals surface area contributed by atoms with Gasteiger partial charge in [0, 0.05) is 5.69 Å². The third-order valence-corrected chi connectivity index (χ3v) is 4.86. The topological polar surface area (TPSA) is 94.5 Å². The van der Waals surface area contributed by atoms with Crippen LogP contribution in [0.4, 0.5) is 10.1 Å². The lowest BCUT2D eigenvalue weighted by Crippen LogP contribution is -2.33. The quantitative estimate of drug-likeness (QED) is 0.739. The summed E-state index contributed by atoms with van der Waals surface area (Å²) in [4.78, 5) is 24.7. The highest BCUT2D eigenvalue weighted by molar-refractivity contribution is 7.91. The van der Waals surface area contributed by atoms with Crippen LogP contribution < -0.4 is 10.3 Å². The van der Waals surface area contributed by atoms with E-state index in [1.807, 2.05) is 0 Å². The van der Waals surface area contributed by atoms with Crippen LogP contribution in [0.25, 0.3) is 0 Å². The molecule has 9 heteroatoms. The molecule has 1 N–H and O–H groups in total. The first-order valence-corrected chi connectivity index (χ1v) is 10.2. The highest BCUT2D eigenvalue weighted by Gasteiger charge is 2.20. The number of hydrogen-bond donors (Lipinski definition) is 1. The van der Waals surface area contributed by atoms with E-state index in [1.165, 1.54) is 30.3 Å². The Morgan fingerprint density at radius 2 is 1.89 bits per heavy atom. The van der Waals surface area contributed by atoms with Crippen molar-refractivity contribution in [2.45, 2.75) is 45.6 Å². The van der Waals surface area contributed by atoms with Crippen LogP contribution in [0.3, 0.4) is 0 Å². The van der Waals surface area contributed by atoms with E-state index >= 15 is 0 Å². The third-order valence-electron chi connectivity index (χ3n) is 3.61. The monoisotopic (exact) mass is 410 g/mol. The predicted molar refractivity (Wildman–Crippen MR) is 104 cm³/mol. The average Bonchev–Trinajstić information content (AvgIpc) is 2.52. The van der Waals surface area contributed by atoms with Crippen molar-refractivity contribution >= 4 is 21.7 Å². The van der Waals surface area contributed by atoms with E-state index in [1.54, 1.807) is 27.7 Å². The summed E-state index contributed by atoms with van der Waals surface area (Å²) in [5.74, 6) is -1.66. The van der Waals surface area contributed by atoms with E-state index in [2.05, 4.69) is 4.72 Å². The molecule has 1 heterocycles. The van der Waals surface area contributed by atoms with Gasteiger partial charge in [-0.1, -0.05) is 12.1 Å². The van der Waals surface area contributed by atoms with Crippen LogP contribution in [0.1, 0.15) is 32.0 Å². The number of carbonyl (C=O) groups excluding carboxylic acids is 1. The number of ether oxygens (including phenoxy) is 1. The lowest BCUT2D eigenvalue weighted by molar-refractivity contribution is -0.155. The molecule has 0 radical (unpaired) electrons. The number of benzene rings is 1. The molecule has 0 saturated carbocycles. The fraction of sp³-hybridized carbons (Fsp3) is 0.368. The first-order chi connectivity index (χ1) is 12.9. The molecule has 0 amide bonds. The summed E-state index contributed by atoms with van der Waals surface area (Å²) < 4.78 is 46.5. The molecule has 0 unspecified atom stereocenters. The average molecular weight is 410 g/mol. The van der Waals surface area contributed by atoms with E-state index in [0.29, 0.717) is 5.69 Å². The van der Waals surface area contributed by atoms with Crippen LogP contribution >= 0.6 is 0 Å². The summed E-state index contributed by atoms with van der Waals surface area (Å²) in [7, 11) is -3.96. The molecule has 0 aliphatic rings. The van der Waals surface area contributed by atoms with Gasteiger partial charge in [0.05, 0.1) is 5.75 Å². The van der Waals surface area contributed by atoms with Crippen molar-refractivity contribution in [3.8, 4) is 0 Å². The van der Waals surface area contributed by atoms with Crippen LogP contribution in [0.15, 0.2) is 41.2 Å². The number of hydrogen-bond acceptors (Lipinski definition) is 5. The van der Waals surface area contributed by atoms with E-state index in [9.17, 15) is 22.4 Å². The van der Waals surface area contributed by atoms with Gasteiger partial charge < -0.3 is 4.74 Å². The lowest BCUT2D eigenvalue weighted by atomic mass is 10.2. The summed E-state index contributed by atoms with van der Waals surface area (Å²) in [5, 5.41) is 0. The molecule has 0 fully saturated rings.